The van der Waals surface area contributed by atoms with Crippen LogP contribution in [-0.2, 0) is 14.3 Å². The van der Waals surface area contributed by atoms with Crippen molar-refractivity contribution in [2.75, 3.05) is 14.2 Å². The number of hydrogen-bond donors (Lipinski definition) is 0. The number of carbonyl (C=O) groups is 1. The fraction of sp³-hybridized carbons (Fsp3) is 0.688. The van der Waals surface area contributed by atoms with E-state index in [0.29, 0.717) is 30.6 Å². The molecule has 0 aromatic heterocycles. The number of ketones is 1. The van der Waals surface area contributed by atoms with E-state index in [1.54, 1.807) is 20.3 Å². The summed E-state index contributed by atoms with van der Waals surface area (Å²) in [4.78, 5) is 21.2. The summed E-state index contributed by atoms with van der Waals surface area (Å²) in [5, 5.41) is 0. The normalized spacial score (nSPS) is 34.7. The molecule has 0 amide bonds. The topological polar surface area (TPSA) is 60.2 Å². The van der Waals surface area contributed by atoms with Crippen LogP contribution in [0.4, 0.5) is 0 Å². The summed E-state index contributed by atoms with van der Waals surface area (Å²) in [6.45, 7) is 4.19. The summed E-state index contributed by atoms with van der Waals surface area (Å²) in [5.41, 5.74) is 0.717. The Morgan fingerprint density at radius 3 is 2.67 bits per heavy atom. The SMILES string of the molecule is COC1=N[C@@]2(CC3=CC(=O)C[C@H]3C2)C(OC)=N[C@@H]1C(C)C. The van der Waals surface area contributed by atoms with E-state index < -0.39 is 5.54 Å². The highest BCUT2D eigenvalue weighted by molar-refractivity contribution is 5.99. The maximum Gasteiger partial charge on any atom is 0.213 e. The Labute approximate surface area is 125 Å². The molecule has 3 aliphatic rings. The highest BCUT2D eigenvalue weighted by Crippen LogP contribution is 2.48. The van der Waals surface area contributed by atoms with E-state index in [4.69, 9.17) is 19.5 Å². The smallest absolute Gasteiger partial charge is 0.213 e. The van der Waals surface area contributed by atoms with Gasteiger partial charge in [0.05, 0.1) is 14.2 Å². The van der Waals surface area contributed by atoms with Gasteiger partial charge in [0.15, 0.2) is 5.78 Å². The highest BCUT2D eigenvalue weighted by Gasteiger charge is 2.52. The number of nitrogens with zero attached hydrogens (tertiary/aromatic N) is 2. The molecule has 0 N–H and O–H groups in total. The number of rotatable bonds is 1. The zero-order valence-electron chi connectivity index (χ0n) is 13.0. The van der Waals surface area contributed by atoms with E-state index in [2.05, 4.69) is 13.8 Å². The zero-order valence-corrected chi connectivity index (χ0v) is 13.0. The monoisotopic (exact) mass is 290 g/mol. The third-order valence-electron chi connectivity index (χ3n) is 4.66. The highest BCUT2D eigenvalue weighted by atomic mass is 16.5. The number of methoxy groups -OCH3 is 2. The Hall–Kier alpha value is -1.65. The zero-order chi connectivity index (χ0) is 15.2. The molecule has 0 unspecified atom stereocenters. The molecule has 1 heterocycles. The first-order valence-electron chi connectivity index (χ1n) is 7.48. The molecule has 2 aliphatic carbocycles. The minimum atomic E-state index is -0.470. The molecule has 1 aliphatic heterocycles. The molecule has 0 aromatic carbocycles. The summed E-state index contributed by atoms with van der Waals surface area (Å²) in [6, 6.07) is -0.0911. The van der Waals surface area contributed by atoms with Gasteiger partial charge in [0, 0.05) is 12.8 Å². The Balaban J connectivity index is 1.99. The lowest BCUT2D eigenvalue weighted by atomic mass is 9.91. The van der Waals surface area contributed by atoms with Crippen molar-refractivity contribution in [3.05, 3.63) is 11.6 Å². The molecule has 0 radical (unpaired) electrons. The second kappa shape index (κ2) is 4.97. The molecular formula is C16H22N2O3. The van der Waals surface area contributed by atoms with Crippen LogP contribution in [0.15, 0.2) is 21.6 Å². The Morgan fingerprint density at radius 2 is 2.10 bits per heavy atom. The van der Waals surface area contributed by atoms with Crippen molar-refractivity contribution >= 4 is 17.6 Å². The minimum Gasteiger partial charge on any atom is -0.483 e. The van der Waals surface area contributed by atoms with Crippen LogP contribution in [0.5, 0.6) is 0 Å². The second-order valence-electron chi connectivity index (χ2n) is 6.48. The molecular weight excluding hydrogens is 268 g/mol. The van der Waals surface area contributed by atoms with Crippen molar-refractivity contribution in [2.24, 2.45) is 21.8 Å². The lowest BCUT2D eigenvalue weighted by Crippen LogP contribution is -2.45. The van der Waals surface area contributed by atoms with Crippen molar-refractivity contribution in [1.29, 1.82) is 0 Å². The average Bonchev–Trinajstić information content (AvgIpc) is 2.92. The summed E-state index contributed by atoms with van der Waals surface area (Å²) in [7, 11) is 3.30. The molecule has 1 spiro atoms. The fourth-order valence-electron chi connectivity index (χ4n) is 3.69. The average molecular weight is 290 g/mol. The maximum atomic E-state index is 11.5. The minimum absolute atomic E-state index is 0.0911. The predicted molar refractivity (Wildman–Crippen MR) is 80.7 cm³/mol. The van der Waals surface area contributed by atoms with Gasteiger partial charge in [-0.1, -0.05) is 19.4 Å². The molecule has 0 bridgehead atoms. The molecule has 114 valence electrons. The first-order chi connectivity index (χ1) is 9.99. The lowest BCUT2D eigenvalue weighted by Gasteiger charge is -2.33. The molecule has 21 heavy (non-hydrogen) atoms. The number of carbonyl (C=O) groups excluding carboxylic acids is 1. The fourth-order valence-corrected chi connectivity index (χ4v) is 3.69. The van der Waals surface area contributed by atoms with Crippen LogP contribution < -0.4 is 0 Å². The van der Waals surface area contributed by atoms with E-state index in [1.807, 2.05) is 0 Å². The van der Waals surface area contributed by atoms with Gasteiger partial charge in [-0.15, -0.1) is 0 Å². The third kappa shape index (κ3) is 2.19. The van der Waals surface area contributed by atoms with Gasteiger partial charge in [0.2, 0.25) is 11.8 Å². The van der Waals surface area contributed by atoms with Crippen LogP contribution in [0.25, 0.3) is 0 Å². The van der Waals surface area contributed by atoms with Gasteiger partial charge in [-0.2, -0.15) is 0 Å². The quantitative estimate of drug-likeness (QED) is 0.743. The van der Waals surface area contributed by atoms with Gasteiger partial charge in [-0.05, 0) is 24.3 Å². The van der Waals surface area contributed by atoms with Crippen molar-refractivity contribution in [3.8, 4) is 0 Å². The van der Waals surface area contributed by atoms with E-state index in [9.17, 15) is 4.79 Å². The summed E-state index contributed by atoms with van der Waals surface area (Å²) < 4.78 is 11.1. The van der Waals surface area contributed by atoms with Crippen molar-refractivity contribution < 1.29 is 14.3 Å². The van der Waals surface area contributed by atoms with Crippen LogP contribution >= 0.6 is 0 Å². The number of hydrogen-bond acceptors (Lipinski definition) is 5. The number of fused-ring (bicyclic) bond motifs is 1. The Morgan fingerprint density at radius 1 is 1.33 bits per heavy atom. The summed E-state index contributed by atoms with van der Waals surface area (Å²) in [5.74, 6) is 2.18. The van der Waals surface area contributed by atoms with E-state index in [1.165, 1.54) is 5.57 Å². The van der Waals surface area contributed by atoms with E-state index >= 15 is 0 Å². The standard InChI is InChI=1S/C16H22N2O3/c1-9(2)13-14(20-3)18-16(15(17-13)21-4)7-10-5-12(19)6-11(10)8-16/h5,9,11,13H,6-8H2,1-4H3/t11-,13+,16+/m0/s1. The van der Waals surface area contributed by atoms with Crippen LogP contribution in [0.1, 0.15) is 33.1 Å². The molecule has 3 rings (SSSR count). The largest absolute Gasteiger partial charge is 0.483 e. The molecule has 5 heteroatoms. The molecule has 5 nitrogen and oxygen atoms in total. The van der Waals surface area contributed by atoms with Crippen molar-refractivity contribution in [1.82, 2.24) is 0 Å². The second-order valence-corrected chi connectivity index (χ2v) is 6.48. The molecule has 0 aromatic rings. The first kappa shape index (κ1) is 14.3. The van der Waals surface area contributed by atoms with Crippen LogP contribution in [0, 0.1) is 11.8 Å². The maximum absolute atomic E-state index is 11.5. The molecule has 1 saturated carbocycles. The molecule has 1 fully saturated rings. The van der Waals surface area contributed by atoms with E-state index in [0.717, 1.165) is 6.42 Å². The Bertz CT molecular complexity index is 562. The van der Waals surface area contributed by atoms with Crippen LogP contribution in [-0.4, -0.2) is 43.4 Å². The van der Waals surface area contributed by atoms with Gasteiger partial charge >= 0.3 is 0 Å². The molecule has 0 saturated heterocycles. The van der Waals surface area contributed by atoms with Gasteiger partial charge < -0.3 is 9.47 Å². The van der Waals surface area contributed by atoms with Crippen molar-refractivity contribution in [3.63, 3.8) is 0 Å². The third-order valence-corrected chi connectivity index (χ3v) is 4.66. The van der Waals surface area contributed by atoms with Crippen LogP contribution in [0.2, 0.25) is 0 Å². The summed E-state index contributed by atoms with van der Waals surface area (Å²) >= 11 is 0. The number of ether oxygens (including phenoxy) is 2. The number of aliphatic imine (C=N–C) groups is 2. The molecule has 3 atom stereocenters. The van der Waals surface area contributed by atoms with Crippen molar-refractivity contribution in [2.45, 2.75) is 44.7 Å². The predicted octanol–water partition coefficient (Wildman–Crippen LogP) is 2.16. The Kier molecular flexibility index (Phi) is 3.38. The number of allylic oxidation sites excluding steroid dienone is 1. The van der Waals surface area contributed by atoms with Crippen LogP contribution in [0.3, 0.4) is 0 Å². The summed E-state index contributed by atoms with van der Waals surface area (Å²) in [6.07, 6.45) is 3.88. The lowest BCUT2D eigenvalue weighted by molar-refractivity contribution is -0.114. The first-order valence-corrected chi connectivity index (χ1v) is 7.48. The van der Waals surface area contributed by atoms with E-state index in [-0.39, 0.29) is 17.7 Å². The van der Waals surface area contributed by atoms with Gasteiger partial charge in [-0.3, -0.25) is 4.79 Å². The van der Waals surface area contributed by atoms with Gasteiger partial charge in [0.25, 0.3) is 0 Å². The van der Waals surface area contributed by atoms with Gasteiger partial charge in [0.1, 0.15) is 11.6 Å². The van der Waals surface area contributed by atoms with Gasteiger partial charge in [-0.25, -0.2) is 9.98 Å².